The van der Waals surface area contributed by atoms with Crippen LogP contribution in [0.1, 0.15) is 18.4 Å². The van der Waals surface area contributed by atoms with E-state index in [4.69, 9.17) is 18.7 Å². The van der Waals surface area contributed by atoms with Gasteiger partial charge in [-0.25, -0.2) is 4.79 Å². The van der Waals surface area contributed by atoms with E-state index in [2.05, 4.69) is 10.1 Å². The molecule has 2 heterocycles. The molecule has 3 rings (SSSR count). The van der Waals surface area contributed by atoms with Crippen molar-refractivity contribution in [1.82, 2.24) is 10.1 Å². The Balaban J connectivity index is 1.56. The Morgan fingerprint density at radius 3 is 2.93 bits per heavy atom. The Bertz CT molecular complexity index is 918. The van der Waals surface area contributed by atoms with E-state index < -0.39 is 5.97 Å². The third kappa shape index (κ3) is 4.95. The maximum Gasteiger partial charge on any atom is 0.331 e. The predicted molar refractivity (Wildman–Crippen MR) is 101 cm³/mol. The van der Waals surface area contributed by atoms with Crippen LogP contribution < -0.4 is 9.47 Å². The van der Waals surface area contributed by atoms with Gasteiger partial charge in [-0.05, 0) is 42.1 Å². The van der Waals surface area contributed by atoms with Crippen LogP contribution in [-0.4, -0.2) is 29.8 Å². The van der Waals surface area contributed by atoms with Crippen LogP contribution >= 0.6 is 11.3 Å². The van der Waals surface area contributed by atoms with Gasteiger partial charge in [-0.15, -0.1) is 11.3 Å². The molecular formula is C19H18N2O5S. The number of rotatable bonds is 8. The molecule has 2 aromatic heterocycles. The SMILES string of the molecule is CCOc1ccc(/C=C/C(=O)OCc2nc(-c3cccs3)no2)cc1OC. The molecule has 1 aromatic carbocycles. The minimum atomic E-state index is -0.515. The van der Waals surface area contributed by atoms with Crippen molar-refractivity contribution in [3.8, 4) is 22.2 Å². The first kappa shape index (κ1) is 18.7. The predicted octanol–water partition coefficient (Wildman–Crippen LogP) is 3.96. The third-order valence-corrected chi connectivity index (χ3v) is 4.31. The Morgan fingerprint density at radius 2 is 2.19 bits per heavy atom. The number of ether oxygens (including phenoxy) is 3. The molecule has 0 spiro atoms. The van der Waals surface area contributed by atoms with Crippen LogP contribution in [0, 0.1) is 0 Å². The summed E-state index contributed by atoms with van der Waals surface area (Å²) in [7, 11) is 1.56. The van der Waals surface area contributed by atoms with Crippen molar-refractivity contribution in [3.05, 3.63) is 53.2 Å². The van der Waals surface area contributed by atoms with Gasteiger partial charge in [0.15, 0.2) is 18.1 Å². The van der Waals surface area contributed by atoms with Gasteiger partial charge in [-0.2, -0.15) is 4.98 Å². The van der Waals surface area contributed by atoms with Gasteiger partial charge in [0.1, 0.15) is 0 Å². The smallest absolute Gasteiger partial charge is 0.331 e. The van der Waals surface area contributed by atoms with Gasteiger partial charge in [0.2, 0.25) is 5.82 Å². The molecule has 0 unspecified atom stereocenters. The summed E-state index contributed by atoms with van der Waals surface area (Å²) in [6.45, 7) is 2.35. The fourth-order valence-electron chi connectivity index (χ4n) is 2.23. The summed E-state index contributed by atoms with van der Waals surface area (Å²) in [6, 6.07) is 9.18. The number of methoxy groups -OCH3 is 1. The van der Waals surface area contributed by atoms with Gasteiger partial charge in [-0.1, -0.05) is 17.3 Å². The normalized spacial score (nSPS) is 10.9. The standard InChI is InChI=1S/C19H18N2O5S/c1-3-24-14-8-6-13(11-15(14)23-2)7-9-18(22)25-12-17-20-19(21-26-17)16-5-4-10-27-16/h4-11H,3,12H2,1-2H3/b9-7+. The van der Waals surface area contributed by atoms with Crippen molar-refractivity contribution in [1.29, 1.82) is 0 Å². The zero-order chi connectivity index (χ0) is 19.1. The molecule has 0 aliphatic heterocycles. The molecular weight excluding hydrogens is 368 g/mol. The van der Waals surface area contributed by atoms with E-state index in [-0.39, 0.29) is 12.5 Å². The van der Waals surface area contributed by atoms with Gasteiger partial charge in [-0.3, -0.25) is 0 Å². The van der Waals surface area contributed by atoms with Crippen molar-refractivity contribution in [2.45, 2.75) is 13.5 Å². The Hall–Kier alpha value is -3.13. The molecule has 8 heteroatoms. The molecule has 7 nitrogen and oxygen atoms in total. The molecule has 0 radical (unpaired) electrons. The van der Waals surface area contributed by atoms with Gasteiger partial charge in [0.05, 0.1) is 18.6 Å². The quantitative estimate of drug-likeness (QED) is 0.428. The first-order chi connectivity index (χ1) is 13.2. The molecule has 0 N–H and O–H groups in total. The monoisotopic (exact) mass is 386 g/mol. The topological polar surface area (TPSA) is 83.7 Å². The second-order valence-electron chi connectivity index (χ2n) is 5.27. The molecule has 0 saturated carbocycles. The van der Waals surface area contributed by atoms with E-state index in [9.17, 15) is 4.79 Å². The maximum atomic E-state index is 11.9. The first-order valence-corrected chi connectivity index (χ1v) is 9.09. The van der Waals surface area contributed by atoms with Gasteiger partial charge in [0.25, 0.3) is 5.89 Å². The summed E-state index contributed by atoms with van der Waals surface area (Å²) in [5.74, 6) is 1.45. The second-order valence-corrected chi connectivity index (χ2v) is 6.22. The summed E-state index contributed by atoms with van der Waals surface area (Å²) < 4.78 is 20.9. The van der Waals surface area contributed by atoms with Crippen LogP contribution in [0.3, 0.4) is 0 Å². The van der Waals surface area contributed by atoms with E-state index in [1.807, 2.05) is 30.5 Å². The summed E-state index contributed by atoms with van der Waals surface area (Å²) >= 11 is 1.50. The van der Waals surface area contributed by atoms with Crippen molar-refractivity contribution < 1.29 is 23.5 Å². The van der Waals surface area contributed by atoms with Gasteiger partial charge < -0.3 is 18.7 Å². The Kier molecular flexibility index (Phi) is 6.22. The average molecular weight is 386 g/mol. The largest absolute Gasteiger partial charge is 0.493 e. The van der Waals surface area contributed by atoms with E-state index >= 15 is 0 Å². The molecule has 0 atom stereocenters. The maximum absolute atomic E-state index is 11.9. The lowest BCUT2D eigenvalue weighted by atomic mass is 10.2. The fraction of sp³-hybridized carbons (Fsp3) is 0.211. The second kappa shape index (κ2) is 9.00. The summed E-state index contributed by atoms with van der Waals surface area (Å²) in [6.07, 6.45) is 2.96. The van der Waals surface area contributed by atoms with E-state index in [1.165, 1.54) is 17.4 Å². The van der Waals surface area contributed by atoms with Crippen LogP contribution in [0.5, 0.6) is 11.5 Å². The average Bonchev–Trinajstić information content (AvgIpc) is 3.37. The van der Waals surface area contributed by atoms with Crippen LogP contribution in [-0.2, 0) is 16.1 Å². The number of esters is 1. The number of carbonyl (C=O) groups is 1. The highest BCUT2D eigenvalue weighted by molar-refractivity contribution is 7.13. The van der Waals surface area contributed by atoms with Crippen molar-refractivity contribution in [2.75, 3.05) is 13.7 Å². The van der Waals surface area contributed by atoms with Crippen molar-refractivity contribution in [3.63, 3.8) is 0 Å². The number of nitrogens with zero attached hydrogens (tertiary/aromatic N) is 2. The molecule has 0 amide bonds. The van der Waals surface area contributed by atoms with Gasteiger partial charge >= 0.3 is 5.97 Å². The summed E-state index contributed by atoms with van der Waals surface area (Å²) in [4.78, 5) is 17.0. The van der Waals surface area contributed by atoms with E-state index in [1.54, 1.807) is 25.3 Å². The van der Waals surface area contributed by atoms with Crippen LogP contribution in [0.4, 0.5) is 0 Å². The molecule has 0 bridgehead atoms. The summed E-state index contributed by atoms with van der Waals surface area (Å²) in [5, 5.41) is 5.78. The zero-order valence-electron chi connectivity index (χ0n) is 14.9. The van der Waals surface area contributed by atoms with Crippen LogP contribution in [0.15, 0.2) is 46.3 Å². The number of hydrogen-bond acceptors (Lipinski definition) is 8. The molecule has 0 saturated heterocycles. The van der Waals surface area contributed by atoms with Crippen LogP contribution in [0.2, 0.25) is 0 Å². The molecule has 0 aliphatic carbocycles. The third-order valence-electron chi connectivity index (χ3n) is 3.45. The lowest BCUT2D eigenvalue weighted by Crippen LogP contribution is -2.01. The number of benzene rings is 1. The first-order valence-electron chi connectivity index (χ1n) is 8.21. The Labute approximate surface area is 160 Å². The highest BCUT2D eigenvalue weighted by Crippen LogP contribution is 2.28. The number of aromatic nitrogens is 2. The lowest BCUT2D eigenvalue weighted by Gasteiger charge is -2.09. The molecule has 140 valence electrons. The number of hydrogen-bond donors (Lipinski definition) is 0. The number of thiophene rings is 1. The zero-order valence-corrected chi connectivity index (χ0v) is 15.7. The minimum absolute atomic E-state index is 0.0891. The van der Waals surface area contributed by atoms with E-state index in [0.29, 0.717) is 23.9 Å². The van der Waals surface area contributed by atoms with E-state index in [0.717, 1.165) is 10.4 Å². The molecule has 0 fully saturated rings. The van der Waals surface area contributed by atoms with Crippen molar-refractivity contribution >= 4 is 23.4 Å². The van der Waals surface area contributed by atoms with Crippen molar-refractivity contribution in [2.24, 2.45) is 0 Å². The highest BCUT2D eigenvalue weighted by atomic mass is 32.1. The molecule has 27 heavy (non-hydrogen) atoms. The summed E-state index contributed by atoms with van der Waals surface area (Å²) in [5.41, 5.74) is 0.782. The minimum Gasteiger partial charge on any atom is -0.493 e. The molecule has 3 aromatic rings. The van der Waals surface area contributed by atoms with Crippen LogP contribution in [0.25, 0.3) is 16.8 Å². The number of carbonyl (C=O) groups excluding carboxylic acids is 1. The fourth-order valence-corrected chi connectivity index (χ4v) is 2.88. The van der Waals surface area contributed by atoms with Gasteiger partial charge in [0, 0.05) is 6.08 Å². The Morgan fingerprint density at radius 1 is 1.30 bits per heavy atom. The highest BCUT2D eigenvalue weighted by Gasteiger charge is 2.11. The molecule has 0 aliphatic rings. The lowest BCUT2D eigenvalue weighted by molar-refractivity contribution is -0.139.